The SMILES string of the molecule is CCN(C(=O)CN1CCCNCC1)c1cccc(C)c1. The number of nitrogens with zero attached hydrogens (tertiary/aromatic N) is 2. The Morgan fingerprint density at radius 3 is 2.95 bits per heavy atom. The van der Waals surface area contributed by atoms with E-state index in [1.807, 2.05) is 24.0 Å². The molecule has 2 rings (SSSR count). The lowest BCUT2D eigenvalue weighted by molar-refractivity contribution is -0.119. The van der Waals surface area contributed by atoms with Gasteiger partial charge in [-0.1, -0.05) is 12.1 Å². The highest BCUT2D eigenvalue weighted by Crippen LogP contribution is 2.16. The summed E-state index contributed by atoms with van der Waals surface area (Å²) in [4.78, 5) is 16.7. The maximum absolute atomic E-state index is 12.5. The van der Waals surface area contributed by atoms with Gasteiger partial charge in [0.25, 0.3) is 0 Å². The van der Waals surface area contributed by atoms with Gasteiger partial charge in [-0.3, -0.25) is 9.69 Å². The van der Waals surface area contributed by atoms with Crippen LogP contribution in [0.2, 0.25) is 0 Å². The predicted molar refractivity (Wildman–Crippen MR) is 83.1 cm³/mol. The summed E-state index contributed by atoms with van der Waals surface area (Å²) in [5.41, 5.74) is 2.19. The van der Waals surface area contributed by atoms with Crippen LogP contribution >= 0.6 is 0 Å². The smallest absolute Gasteiger partial charge is 0.241 e. The Kier molecular flexibility index (Phi) is 5.56. The summed E-state index contributed by atoms with van der Waals surface area (Å²) in [5, 5.41) is 3.37. The number of carbonyl (C=O) groups is 1. The molecule has 4 heteroatoms. The third-order valence-electron chi connectivity index (χ3n) is 3.72. The van der Waals surface area contributed by atoms with Crippen molar-refractivity contribution in [2.75, 3.05) is 44.2 Å². The van der Waals surface area contributed by atoms with Gasteiger partial charge in [0.1, 0.15) is 0 Å². The summed E-state index contributed by atoms with van der Waals surface area (Å²) in [6.45, 7) is 9.31. The van der Waals surface area contributed by atoms with Gasteiger partial charge in [-0.15, -0.1) is 0 Å². The second kappa shape index (κ2) is 7.41. The largest absolute Gasteiger partial charge is 0.315 e. The van der Waals surface area contributed by atoms with Crippen LogP contribution in [0.1, 0.15) is 18.9 Å². The van der Waals surface area contributed by atoms with E-state index in [-0.39, 0.29) is 5.91 Å². The van der Waals surface area contributed by atoms with E-state index >= 15 is 0 Å². The Balaban J connectivity index is 2.01. The molecule has 1 heterocycles. The van der Waals surface area contributed by atoms with E-state index in [0.717, 1.165) is 38.3 Å². The molecule has 1 amide bonds. The van der Waals surface area contributed by atoms with E-state index < -0.39 is 0 Å². The third kappa shape index (κ3) is 4.05. The zero-order valence-electron chi connectivity index (χ0n) is 12.6. The van der Waals surface area contributed by atoms with Crippen LogP contribution < -0.4 is 10.2 Å². The first-order valence-corrected chi connectivity index (χ1v) is 7.51. The Morgan fingerprint density at radius 2 is 2.20 bits per heavy atom. The van der Waals surface area contributed by atoms with Crippen LogP contribution in [0.4, 0.5) is 5.69 Å². The highest BCUT2D eigenvalue weighted by molar-refractivity contribution is 5.94. The van der Waals surface area contributed by atoms with Crippen LogP contribution in [0.25, 0.3) is 0 Å². The van der Waals surface area contributed by atoms with Crippen LogP contribution in [-0.4, -0.2) is 50.1 Å². The van der Waals surface area contributed by atoms with Gasteiger partial charge in [-0.05, 0) is 51.1 Å². The molecule has 1 aromatic carbocycles. The van der Waals surface area contributed by atoms with Crippen molar-refractivity contribution in [2.45, 2.75) is 20.3 Å². The molecule has 1 N–H and O–H groups in total. The molecule has 0 aromatic heterocycles. The molecule has 0 bridgehead atoms. The van der Waals surface area contributed by atoms with Gasteiger partial charge in [0.2, 0.25) is 5.91 Å². The van der Waals surface area contributed by atoms with Crippen LogP contribution in [0.15, 0.2) is 24.3 Å². The number of anilines is 1. The number of likely N-dealkylation sites (N-methyl/N-ethyl adjacent to an activating group) is 1. The molecule has 110 valence electrons. The van der Waals surface area contributed by atoms with Gasteiger partial charge in [0.05, 0.1) is 6.54 Å². The van der Waals surface area contributed by atoms with E-state index in [9.17, 15) is 4.79 Å². The number of nitrogens with one attached hydrogen (secondary N) is 1. The summed E-state index contributed by atoms with van der Waals surface area (Å²) in [5.74, 6) is 0.194. The van der Waals surface area contributed by atoms with Crippen molar-refractivity contribution < 1.29 is 4.79 Å². The first kappa shape index (κ1) is 15.0. The number of aryl methyl sites for hydroxylation is 1. The highest BCUT2D eigenvalue weighted by atomic mass is 16.2. The molecule has 1 fully saturated rings. The van der Waals surface area contributed by atoms with Crippen molar-refractivity contribution in [3.05, 3.63) is 29.8 Å². The van der Waals surface area contributed by atoms with Gasteiger partial charge in [0.15, 0.2) is 0 Å². The second-order valence-electron chi connectivity index (χ2n) is 5.36. The zero-order chi connectivity index (χ0) is 14.4. The molecule has 20 heavy (non-hydrogen) atoms. The fraction of sp³-hybridized carbons (Fsp3) is 0.562. The molecular formula is C16H25N3O. The molecule has 1 aromatic rings. The Hall–Kier alpha value is -1.39. The van der Waals surface area contributed by atoms with Crippen molar-refractivity contribution in [3.8, 4) is 0 Å². The molecule has 4 nitrogen and oxygen atoms in total. The number of carbonyl (C=O) groups excluding carboxylic acids is 1. The first-order valence-electron chi connectivity index (χ1n) is 7.51. The molecule has 0 unspecified atom stereocenters. The lowest BCUT2D eigenvalue weighted by Crippen LogP contribution is -2.41. The fourth-order valence-electron chi connectivity index (χ4n) is 2.64. The van der Waals surface area contributed by atoms with E-state index in [0.29, 0.717) is 13.1 Å². The van der Waals surface area contributed by atoms with Crippen molar-refractivity contribution >= 4 is 11.6 Å². The van der Waals surface area contributed by atoms with Gasteiger partial charge in [-0.2, -0.15) is 0 Å². The quantitative estimate of drug-likeness (QED) is 0.907. The average Bonchev–Trinajstić information content (AvgIpc) is 2.68. The lowest BCUT2D eigenvalue weighted by atomic mass is 10.2. The topological polar surface area (TPSA) is 35.6 Å². The molecule has 0 spiro atoms. The minimum atomic E-state index is 0.194. The fourth-order valence-corrected chi connectivity index (χ4v) is 2.64. The molecule has 1 aliphatic heterocycles. The number of rotatable bonds is 4. The molecule has 1 saturated heterocycles. The van der Waals surface area contributed by atoms with Crippen molar-refractivity contribution in [3.63, 3.8) is 0 Å². The maximum Gasteiger partial charge on any atom is 0.241 e. The first-order chi connectivity index (χ1) is 9.70. The van der Waals surface area contributed by atoms with Crippen molar-refractivity contribution in [2.24, 2.45) is 0 Å². The summed E-state index contributed by atoms with van der Waals surface area (Å²) < 4.78 is 0. The number of hydrogen-bond donors (Lipinski definition) is 1. The Bertz CT molecular complexity index is 439. The summed E-state index contributed by atoms with van der Waals surface area (Å²) in [7, 11) is 0. The van der Waals surface area contributed by atoms with Crippen LogP contribution in [0.3, 0.4) is 0 Å². The lowest BCUT2D eigenvalue weighted by Gasteiger charge is -2.26. The van der Waals surface area contributed by atoms with Crippen LogP contribution in [-0.2, 0) is 4.79 Å². The third-order valence-corrected chi connectivity index (χ3v) is 3.72. The van der Waals surface area contributed by atoms with E-state index in [1.165, 1.54) is 5.56 Å². The van der Waals surface area contributed by atoms with E-state index in [4.69, 9.17) is 0 Å². The minimum Gasteiger partial charge on any atom is -0.315 e. The highest BCUT2D eigenvalue weighted by Gasteiger charge is 2.18. The Labute approximate surface area is 121 Å². The second-order valence-corrected chi connectivity index (χ2v) is 5.36. The molecule has 1 aliphatic rings. The Morgan fingerprint density at radius 1 is 1.35 bits per heavy atom. The van der Waals surface area contributed by atoms with Crippen LogP contribution in [0.5, 0.6) is 0 Å². The number of benzene rings is 1. The van der Waals surface area contributed by atoms with Crippen molar-refractivity contribution in [1.82, 2.24) is 10.2 Å². The maximum atomic E-state index is 12.5. The molecule has 0 atom stereocenters. The average molecular weight is 275 g/mol. The van der Waals surface area contributed by atoms with Crippen LogP contribution in [0, 0.1) is 6.92 Å². The van der Waals surface area contributed by atoms with Crippen molar-refractivity contribution in [1.29, 1.82) is 0 Å². The van der Waals surface area contributed by atoms with Gasteiger partial charge in [-0.25, -0.2) is 0 Å². The normalized spacial score (nSPS) is 16.7. The van der Waals surface area contributed by atoms with Gasteiger partial charge in [0, 0.05) is 25.3 Å². The standard InChI is InChI=1S/C16H25N3O/c1-3-19(15-7-4-6-14(2)12-15)16(20)13-18-10-5-8-17-9-11-18/h4,6-7,12,17H,3,5,8-11,13H2,1-2H3. The van der Waals surface area contributed by atoms with Gasteiger partial charge < -0.3 is 10.2 Å². The molecule has 0 aliphatic carbocycles. The molecule has 0 radical (unpaired) electrons. The zero-order valence-corrected chi connectivity index (χ0v) is 12.6. The number of hydrogen-bond acceptors (Lipinski definition) is 3. The van der Waals surface area contributed by atoms with E-state index in [2.05, 4.69) is 29.3 Å². The van der Waals surface area contributed by atoms with Gasteiger partial charge >= 0.3 is 0 Å². The monoisotopic (exact) mass is 275 g/mol. The number of amides is 1. The summed E-state index contributed by atoms with van der Waals surface area (Å²) in [6.07, 6.45) is 1.11. The summed E-state index contributed by atoms with van der Waals surface area (Å²) in [6, 6.07) is 8.16. The van der Waals surface area contributed by atoms with E-state index in [1.54, 1.807) is 0 Å². The molecular weight excluding hydrogens is 250 g/mol. The summed E-state index contributed by atoms with van der Waals surface area (Å²) >= 11 is 0. The molecule has 0 saturated carbocycles. The minimum absolute atomic E-state index is 0.194. The predicted octanol–water partition coefficient (Wildman–Crippen LogP) is 1.64.